The first-order valence-electron chi connectivity index (χ1n) is 9.60. The first-order chi connectivity index (χ1) is 9.77. The first kappa shape index (κ1) is 18.0. The Kier molecular flexibility index (Phi) is 10.4. The van der Waals surface area contributed by atoms with E-state index in [1.165, 1.54) is 114 Å². The van der Waals surface area contributed by atoms with Crippen LogP contribution in [0.5, 0.6) is 0 Å². The number of rotatable bonds is 12. The molecule has 0 bridgehead atoms. The second-order valence-electron chi connectivity index (χ2n) is 7.39. The van der Waals surface area contributed by atoms with Gasteiger partial charge in [-0.15, -0.1) is 0 Å². The van der Waals surface area contributed by atoms with Gasteiger partial charge in [0.15, 0.2) is 0 Å². The molecule has 1 saturated heterocycles. The van der Waals surface area contributed by atoms with E-state index in [2.05, 4.69) is 14.0 Å². The van der Waals surface area contributed by atoms with Gasteiger partial charge in [-0.1, -0.05) is 64.7 Å². The van der Waals surface area contributed by atoms with Gasteiger partial charge in [0.2, 0.25) is 0 Å². The van der Waals surface area contributed by atoms with Crippen molar-refractivity contribution < 1.29 is 4.48 Å². The number of hydrogen-bond donors (Lipinski definition) is 0. The van der Waals surface area contributed by atoms with Crippen LogP contribution in [0.4, 0.5) is 0 Å². The normalized spacial score (nSPS) is 18.3. The largest absolute Gasteiger partial charge is 0.326 e. The molecule has 0 saturated carbocycles. The highest BCUT2D eigenvalue weighted by atomic mass is 15.3. The highest BCUT2D eigenvalue weighted by molar-refractivity contribution is 4.53. The highest BCUT2D eigenvalue weighted by Gasteiger charge is 2.23. The Morgan fingerprint density at radius 1 is 0.600 bits per heavy atom. The zero-order chi connectivity index (χ0) is 14.5. The Morgan fingerprint density at radius 3 is 1.55 bits per heavy atom. The molecule has 0 atom stereocenters. The molecule has 20 heavy (non-hydrogen) atoms. The zero-order valence-corrected chi connectivity index (χ0v) is 14.5. The molecule has 0 aromatic rings. The van der Waals surface area contributed by atoms with Crippen LogP contribution in [0.25, 0.3) is 0 Å². The van der Waals surface area contributed by atoms with Crippen LogP contribution in [0.1, 0.15) is 96.8 Å². The van der Waals surface area contributed by atoms with Gasteiger partial charge in [0.25, 0.3) is 0 Å². The highest BCUT2D eigenvalue weighted by Crippen LogP contribution is 2.18. The maximum Gasteiger partial charge on any atom is 0.0784 e. The van der Waals surface area contributed by atoms with E-state index in [0.29, 0.717) is 0 Å². The van der Waals surface area contributed by atoms with E-state index in [4.69, 9.17) is 0 Å². The summed E-state index contributed by atoms with van der Waals surface area (Å²) in [6.45, 7) is 6.62. The van der Waals surface area contributed by atoms with Gasteiger partial charge in [0, 0.05) is 0 Å². The molecule has 0 radical (unpaired) electrons. The molecule has 1 aliphatic heterocycles. The predicted octanol–water partition coefficient (Wildman–Crippen LogP) is 5.93. The van der Waals surface area contributed by atoms with E-state index >= 15 is 0 Å². The molecule has 0 amide bonds. The van der Waals surface area contributed by atoms with Crippen molar-refractivity contribution in [1.29, 1.82) is 0 Å². The van der Waals surface area contributed by atoms with Gasteiger partial charge in [0.05, 0.1) is 26.7 Å². The second kappa shape index (κ2) is 11.6. The molecule has 1 aliphatic rings. The fourth-order valence-corrected chi connectivity index (χ4v) is 3.66. The van der Waals surface area contributed by atoms with Crippen molar-refractivity contribution in [3.05, 3.63) is 0 Å². The van der Waals surface area contributed by atoms with Gasteiger partial charge in [-0.05, 0) is 32.1 Å². The summed E-state index contributed by atoms with van der Waals surface area (Å²) in [5.74, 6) is 0. The summed E-state index contributed by atoms with van der Waals surface area (Å²) in [6.07, 6.45) is 20.5. The molecule has 0 unspecified atom stereocenters. The van der Waals surface area contributed by atoms with Crippen molar-refractivity contribution in [1.82, 2.24) is 0 Å². The number of piperidine rings is 1. The summed E-state index contributed by atoms with van der Waals surface area (Å²) in [7, 11) is 2.48. The minimum Gasteiger partial charge on any atom is -0.326 e. The van der Waals surface area contributed by atoms with Gasteiger partial charge in [-0.3, -0.25) is 0 Å². The van der Waals surface area contributed by atoms with Crippen molar-refractivity contribution >= 4 is 0 Å². The molecule has 0 aliphatic carbocycles. The lowest BCUT2D eigenvalue weighted by Gasteiger charge is -2.37. The van der Waals surface area contributed by atoms with Crippen LogP contribution in [0.3, 0.4) is 0 Å². The Labute approximate surface area is 128 Å². The summed E-state index contributed by atoms with van der Waals surface area (Å²) in [6, 6.07) is 0. The van der Waals surface area contributed by atoms with Crippen LogP contribution in [0, 0.1) is 0 Å². The van der Waals surface area contributed by atoms with Crippen molar-refractivity contribution in [2.75, 3.05) is 26.7 Å². The maximum absolute atomic E-state index is 2.48. The minimum absolute atomic E-state index is 1.37. The summed E-state index contributed by atoms with van der Waals surface area (Å²) in [4.78, 5) is 0. The average Bonchev–Trinajstić information content (AvgIpc) is 2.45. The van der Waals surface area contributed by atoms with Crippen molar-refractivity contribution in [3.63, 3.8) is 0 Å². The number of hydrogen-bond acceptors (Lipinski definition) is 0. The fraction of sp³-hybridized carbons (Fsp3) is 1.00. The SMILES string of the molecule is CCCCCCCCCCCCC[N+]1(C)CCCCC1. The molecule has 1 heteroatoms. The number of likely N-dealkylation sites (tertiary alicyclic amines) is 1. The lowest BCUT2D eigenvalue weighted by atomic mass is 10.0. The third-order valence-electron chi connectivity index (χ3n) is 5.20. The molecular formula is C19H40N+. The molecule has 1 fully saturated rings. The summed E-state index contributed by atoms with van der Waals surface area (Å²) < 4.78 is 1.37. The Morgan fingerprint density at radius 2 is 1.05 bits per heavy atom. The summed E-state index contributed by atoms with van der Waals surface area (Å²) in [5, 5.41) is 0. The van der Waals surface area contributed by atoms with Gasteiger partial charge in [0.1, 0.15) is 0 Å². The Hall–Kier alpha value is -0.0400. The van der Waals surface area contributed by atoms with Crippen molar-refractivity contribution in [2.45, 2.75) is 96.8 Å². The van der Waals surface area contributed by atoms with Gasteiger partial charge < -0.3 is 4.48 Å². The minimum atomic E-state index is 1.37. The molecule has 1 nitrogen and oxygen atoms in total. The van der Waals surface area contributed by atoms with E-state index < -0.39 is 0 Å². The topological polar surface area (TPSA) is 0 Å². The van der Waals surface area contributed by atoms with Crippen LogP contribution in [0.2, 0.25) is 0 Å². The average molecular weight is 283 g/mol. The molecular weight excluding hydrogens is 242 g/mol. The summed E-state index contributed by atoms with van der Waals surface area (Å²) >= 11 is 0. The lowest BCUT2D eigenvalue weighted by molar-refractivity contribution is -0.914. The zero-order valence-electron chi connectivity index (χ0n) is 14.5. The third kappa shape index (κ3) is 9.00. The van der Waals surface area contributed by atoms with Crippen LogP contribution < -0.4 is 0 Å². The van der Waals surface area contributed by atoms with Gasteiger partial charge >= 0.3 is 0 Å². The number of nitrogens with zero attached hydrogens (tertiary/aromatic N) is 1. The van der Waals surface area contributed by atoms with E-state index in [1.807, 2.05) is 0 Å². The smallest absolute Gasteiger partial charge is 0.0784 e. The molecule has 0 aromatic heterocycles. The molecule has 120 valence electrons. The fourth-order valence-electron chi connectivity index (χ4n) is 3.66. The van der Waals surface area contributed by atoms with E-state index in [1.54, 1.807) is 0 Å². The molecule has 0 aromatic carbocycles. The van der Waals surface area contributed by atoms with Crippen LogP contribution in [0.15, 0.2) is 0 Å². The van der Waals surface area contributed by atoms with Crippen molar-refractivity contribution in [3.8, 4) is 0 Å². The van der Waals surface area contributed by atoms with E-state index in [9.17, 15) is 0 Å². The van der Waals surface area contributed by atoms with Crippen LogP contribution >= 0.6 is 0 Å². The number of quaternary nitrogens is 1. The maximum atomic E-state index is 2.48. The monoisotopic (exact) mass is 282 g/mol. The van der Waals surface area contributed by atoms with Crippen LogP contribution in [-0.2, 0) is 0 Å². The Bertz CT molecular complexity index is 206. The summed E-state index contributed by atoms with van der Waals surface area (Å²) in [5.41, 5.74) is 0. The number of unbranched alkanes of at least 4 members (excludes halogenated alkanes) is 10. The second-order valence-corrected chi connectivity index (χ2v) is 7.39. The molecule has 0 spiro atoms. The van der Waals surface area contributed by atoms with Gasteiger partial charge in [-0.25, -0.2) is 0 Å². The predicted molar refractivity (Wildman–Crippen MR) is 91.1 cm³/mol. The first-order valence-corrected chi connectivity index (χ1v) is 9.60. The van der Waals surface area contributed by atoms with Crippen LogP contribution in [-0.4, -0.2) is 31.2 Å². The molecule has 1 heterocycles. The third-order valence-corrected chi connectivity index (χ3v) is 5.20. The van der Waals surface area contributed by atoms with E-state index in [-0.39, 0.29) is 0 Å². The quantitative estimate of drug-likeness (QED) is 0.307. The lowest BCUT2D eigenvalue weighted by Crippen LogP contribution is -2.48. The molecule has 1 rings (SSSR count). The van der Waals surface area contributed by atoms with Crippen molar-refractivity contribution in [2.24, 2.45) is 0 Å². The standard InChI is InChI=1S/C19H40N/c1-3-4-5-6-7-8-9-10-11-12-14-17-20(2)18-15-13-16-19-20/h3-19H2,1-2H3/q+1. The Balaban J connectivity index is 1.80. The molecule has 0 N–H and O–H groups in total. The van der Waals surface area contributed by atoms with E-state index in [0.717, 1.165) is 0 Å². The van der Waals surface area contributed by atoms with Gasteiger partial charge in [-0.2, -0.15) is 0 Å².